The quantitative estimate of drug-likeness (QED) is 0.787. The molecule has 6 nitrogen and oxygen atoms in total. The number of rotatable bonds is 7. The van der Waals surface area contributed by atoms with E-state index in [4.69, 9.17) is 9.47 Å². The lowest BCUT2D eigenvalue weighted by molar-refractivity contribution is 0.183. The summed E-state index contributed by atoms with van der Waals surface area (Å²) < 4.78 is 39.9. The minimum absolute atomic E-state index is 0.0708. The second-order valence-electron chi connectivity index (χ2n) is 7.15. The average Bonchev–Trinajstić information content (AvgIpc) is 3.07. The Kier molecular flexibility index (Phi) is 6.14. The summed E-state index contributed by atoms with van der Waals surface area (Å²) in [5.74, 6) is 0.636. The third-order valence-corrected chi connectivity index (χ3v) is 6.41. The summed E-state index contributed by atoms with van der Waals surface area (Å²) >= 11 is 0. The van der Waals surface area contributed by atoms with Crippen molar-refractivity contribution in [3.63, 3.8) is 0 Å². The van der Waals surface area contributed by atoms with Crippen molar-refractivity contribution in [2.75, 3.05) is 20.3 Å². The number of aromatic nitrogens is 1. The van der Waals surface area contributed by atoms with Gasteiger partial charge >= 0.3 is 0 Å². The second kappa shape index (κ2) is 8.37. The van der Waals surface area contributed by atoms with Crippen LogP contribution in [0.1, 0.15) is 30.9 Å². The number of methoxy groups -OCH3 is 1. The number of benzene rings is 1. The lowest BCUT2D eigenvalue weighted by atomic mass is 9.96. The molecule has 0 aliphatic carbocycles. The molecule has 3 rings (SSSR count). The highest BCUT2D eigenvalue weighted by Crippen LogP contribution is 2.29. The van der Waals surface area contributed by atoms with E-state index in [1.807, 2.05) is 32.0 Å². The first kappa shape index (κ1) is 19.8. The molecule has 0 unspecified atom stereocenters. The van der Waals surface area contributed by atoms with Crippen LogP contribution in [0.25, 0.3) is 0 Å². The molecule has 2 heterocycles. The van der Waals surface area contributed by atoms with Crippen LogP contribution in [0.15, 0.2) is 47.6 Å². The van der Waals surface area contributed by atoms with Crippen LogP contribution in [0.4, 0.5) is 0 Å². The van der Waals surface area contributed by atoms with E-state index in [1.54, 1.807) is 24.5 Å². The number of ether oxygens (including phenoxy) is 2. The summed E-state index contributed by atoms with van der Waals surface area (Å²) in [7, 11) is -2.25. The van der Waals surface area contributed by atoms with Crippen LogP contribution < -0.4 is 9.46 Å². The van der Waals surface area contributed by atoms with Crippen LogP contribution in [0.5, 0.6) is 5.75 Å². The molecular weight excluding hydrogens is 364 g/mol. The van der Waals surface area contributed by atoms with E-state index < -0.39 is 10.0 Å². The molecule has 1 aromatic carbocycles. The zero-order valence-corrected chi connectivity index (χ0v) is 16.7. The molecule has 0 bridgehead atoms. The van der Waals surface area contributed by atoms with Gasteiger partial charge in [0.2, 0.25) is 10.0 Å². The highest BCUT2D eigenvalue weighted by Gasteiger charge is 2.33. The van der Waals surface area contributed by atoms with E-state index in [2.05, 4.69) is 9.71 Å². The molecule has 0 spiro atoms. The van der Waals surface area contributed by atoms with Gasteiger partial charge in [0, 0.05) is 18.3 Å². The fourth-order valence-electron chi connectivity index (χ4n) is 3.28. The Labute approximate surface area is 161 Å². The number of sulfonamides is 1. The van der Waals surface area contributed by atoms with Crippen LogP contribution in [0.2, 0.25) is 0 Å². The van der Waals surface area contributed by atoms with Gasteiger partial charge in [-0.3, -0.25) is 4.98 Å². The summed E-state index contributed by atoms with van der Waals surface area (Å²) in [5.41, 5.74) is 2.07. The van der Waals surface area contributed by atoms with Crippen molar-refractivity contribution in [1.82, 2.24) is 9.71 Å². The SMILES string of the molecule is COc1ccc(C(C)C)cc1S(=O)(=O)N[C@H]1COC[C@H]1Cc1ccncc1. The van der Waals surface area contributed by atoms with E-state index in [-0.39, 0.29) is 22.8 Å². The number of hydrogen-bond donors (Lipinski definition) is 1. The highest BCUT2D eigenvalue weighted by molar-refractivity contribution is 7.89. The molecule has 7 heteroatoms. The summed E-state index contributed by atoms with van der Waals surface area (Å²) in [5, 5.41) is 0. The predicted octanol–water partition coefficient (Wildman–Crippen LogP) is 2.75. The molecule has 1 aromatic heterocycles. The molecular formula is C20H26N2O4S. The van der Waals surface area contributed by atoms with Gasteiger partial charge in [-0.2, -0.15) is 0 Å². The molecule has 1 N–H and O–H groups in total. The molecule has 2 aromatic rings. The van der Waals surface area contributed by atoms with Crippen molar-refractivity contribution in [3.8, 4) is 5.75 Å². The topological polar surface area (TPSA) is 77.5 Å². The summed E-state index contributed by atoms with van der Waals surface area (Å²) in [6.45, 7) is 4.95. The Morgan fingerprint density at radius 3 is 2.63 bits per heavy atom. The smallest absolute Gasteiger partial charge is 0.244 e. The van der Waals surface area contributed by atoms with E-state index in [0.29, 0.717) is 19.0 Å². The molecule has 1 saturated heterocycles. The van der Waals surface area contributed by atoms with Gasteiger partial charge in [-0.15, -0.1) is 0 Å². The van der Waals surface area contributed by atoms with Crippen molar-refractivity contribution in [2.45, 2.75) is 37.1 Å². The van der Waals surface area contributed by atoms with Gasteiger partial charge in [-0.05, 0) is 47.7 Å². The maximum absolute atomic E-state index is 13.1. The molecule has 146 valence electrons. The summed E-state index contributed by atoms with van der Waals surface area (Å²) in [6, 6.07) is 8.91. The molecule has 1 aliphatic heterocycles. The van der Waals surface area contributed by atoms with Crippen molar-refractivity contribution in [2.24, 2.45) is 5.92 Å². The Hall–Kier alpha value is -1.96. The first-order chi connectivity index (χ1) is 12.9. The zero-order chi connectivity index (χ0) is 19.4. The maximum atomic E-state index is 13.1. The molecule has 1 fully saturated rings. The number of nitrogens with one attached hydrogen (secondary N) is 1. The number of nitrogens with zero attached hydrogens (tertiary/aromatic N) is 1. The van der Waals surface area contributed by atoms with Crippen LogP contribution in [0.3, 0.4) is 0 Å². The minimum atomic E-state index is -3.74. The van der Waals surface area contributed by atoms with Gasteiger partial charge in [-0.1, -0.05) is 19.9 Å². The number of pyridine rings is 1. The van der Waals surface area contributed by atoms with Gasteiger partial charge in [-0.25, -0.2) is 13.1 Å². The Bertz CT molecular complexity index is 869. The molecule has 1 aliphatic rings. The number of hydrogen-bond acceptors (Lipinski definition) is 5. The predicted molar refractivity (Wildman–Crippen MR) is 103 cm³/mol. The van der Waals surface area contributed by atoms with Gasteiger partial charge in [0.25, 0.3) is 0 Å². The maximum Gasteiger partial charge on any atom is 0.244 e. The van der Waals surface area contributed by atoms with Crippen molar-refractivity contribution in [1.29, 1.82) is 0 Å². The Balaban J connectivity index is 1.82. The standard InChI is InChI=1S/C20H26N2O4S/c1-14(2)16-4-5-19(25-3)20(11-16)27(23,24)22-18-13-26-12-17(18)10-15-6-8-21-9-7-15/h4-9,11,14,17-18,22H,10,12-13H2,1-3H3/t17-,18+/m1/s1. The van der Waals surface area contributed by atoms with Gasteiger partial charge in [0.05, 0.1) is 26.4 Å². The fourth-order valence-corrected chi connectivity index (χ4v) is 4.77. The lowest BCUT2D eigenvalue weighted by Gasteiger charge is -2.20. The summed E-state index contributed by atoms with van der Waals surface area (Å²) in [4.78, 5) is 4.19. The zero-order valence-electron chi connectivity index (χ0n) is 15.9. The Morgan fingerprint density at radius 1 is 1.22 bits per heavy atom. The van der Waals surface area contributed by atoms with E-state index in [1.165, 1.54) is 7.11 Å². The normalized spacial score (nSPS) is 20.1. The van der Waals surface area contributed by atoms with Crippen molar-refractivity contribution >= 4 is 10.0 Å². The van der Waals surface area contributed by atoms with Gasteiger partial charge in [0.15, 0.2) is 0 Å². The van der Waals surface area contributed by atoms with Crippen LogP contribution in [-0.4, -0.2) is 39.8 Å². The van der Waals surface area contributed by atoms with Crippen molar-refractivity contribution < 1.29 is 17.9 Å². The monoisotopic (exact) mass is 390 g/mol. The molecule has 2 atom stereocenters. The fraction of sp³-hybridized carbons (Fsp3) is 0.450. The van der Waals surface area contributed by atoms with Gasteiger partial charge in [0.1, 0.15) is 10.6 Å². The largest absolute Gasteiger partial charge is 0.495 e. The van der Waals surface area contributed by atoms with Crippen LogP contribution in [-0.2, 0) is 21.2 Å². The van der Waals surface area contributed by atoms with E-state index in [0.717, 1.165) is 17.5 Å². The molecule has 27 heavy (non-hydrogen) atoms. The summed E-state index contributed by atoms with van der Waals surface area (Å²) in [6.07, 6.45) is 4.22. The molecule has 0 saturated carbocycles. The first-order valence-corrected chi connectivity index (χ1v) is 10.6. The van der Waals surface area contributed by atoms with Crippen LogP contribution in [0, 0.1) is 5.92 Å². The van der Waals surface area contributed by atoms with E-state index >= 15 is 0 Å². The van der Waals surface area contributed by atoms with Crippen LogP contribution >= 0.6 is 0 Å². The van der Waals surface area contributed by atoms with Crippen molar-refractivity contribution in [3.05, 3.63) is 53.9 Å². The average molecular weight is 391 g/mol. The highest BCUT2D eigenvalue weighted by atomic mass is 32.2. The van der Waals surface area contributed by atoms with E-state index in [9.17, 15) is 8.42 Å². The molecule has 0 amide bonds. The first-order valence-electron chi connectivity index (χ1n) is 9.07. The third-order valence-electron chi connectivity index (χ3n) is 4.90. The third kappa shape index (κ3) is 4.66. The Morgan fingerprint density at radius 2 is 1.96 bits per heavy atom. The second-order valence-corrected chi connectivity index (χ2v) is 8.83. The minimum Gasteiger partial charge on any atom is -0.495 e. The molecule has 0 radical (unpaired) electrons. The van der Waals surface area contributed by atoms with Gasteiger partial charge < -0.3 is 9.47 Å². The lowest BCUT2D eigenvalue weighted by Crippen LogP contribution is -2.40.